The van der Waals surface area contributed by atoms with Crippen molar-refractivity contribution in [3.05, 3.63) is 0 Å². The Morgan fingerprint density at radius 3 is 3.17 bits per heavy atom. The first-order chi connectivity index (χ1) is 5.84. The smallest absolute Gasteiger partial charge is 0.223 e. The molecule has 12 heavy (non-hydrogen) atoms. The van der Waals surface area contributed by atoms with Crippen LogP contribution in [0.1, 0.15) is 32.1 Å². The summed E-state index contributed by atoms with van der Waals surface area (Å²) in [6, 6.07) is 0. The summed E-state index contributed by atoms with van der Waals surface area (Å²) >= 11 is 0. The Bertz CT molecular complexity index is 193. The Balaban J connectivity index is 2.21. The van der Waals surface area contributed by atoms with E-state index in [1.165, 1.54) is 0 Å². The summed E-state index contributed by atoms with van der Waals surface area (Å²) in [5.41, 5.74) is 0. The van der Waals surface area contributed by atoms with Crippen molar-refractivity contribution in [1.82, 2.24) is 5.32 Å². The SMILES string of the molecule is C#CCCCC1CCCNC1=O. The third-order valence-corrected chi connectivity index (χ3v) is 2.27. The van der Waals surface area contributed by atoms with Crippen molar-refractivity contribution in [2.45, 2.75) is 32.1 Å². The minimum absolute atomic E-state index is 0.221. The van der Waals surface area contributed by atoms with Gasteiger partial charge >= 0.3 is 0 Å². The zero-order valence-electron chi connectivity index (χ0n) is 7.31. The fourth-order valence-electron chi connectivity index (χ4n) is 1.56. The molecule has 1 atom stereocenters. The van der Waals surface area contributed by atoms with E-state index in [9.17, 15) is 4.79 Å². The van der Waals surface area contributed by atoms with E-state index in [1.807, 2.05) is 0 Å². The van der Waals surface area contributed by atoms with Crippen LogP contribution in [0, 0.1) is 18.3 Å². The minimum Gasteiger partial charge on any atom is -0.356 e. The standard InChI is InChI=1S/C10H15NO/c1-2-3-4-6-9-7-5-8-11-10(9)12/h1,9H,3-8H2,(H,11,12). The van der Waals surface area contributed by atoms with E-state index >= 15 is 0 Å². The van der Waals surface area contributed by atoms with Crippen LogP contribution in [0.5, 0.6) is 0 Å². The number of nitrogens with one attached hydrogen (secondary N) is 1. The highest BCUT2D eigenvalue weighted by atomic mass is 16.1. The van der Waals surface area contributed by atoms with Gasteiger partial charge in [-0.3, -0.25) is 4.79 Å². The number of unbranched alkanes of at least 4 members (excludes halogenated alkanes) is 1. The van der Waals surface area contributed by atoms with E-state index in [4.69, 9.17) is 6.42 Å². The maximum absolute atomic E-state index is 11.2. The molecule has 0 aromatic heterocycles. The van der Waals surface area contributed by atoms with Crippen molar-refractivity contribution < 1.29 is 4.79 Å². The predicted molar refractivity (Wildman–Crippen MR) is 48.4 cm³/mol. The molecule has 0 aromatic rings. The summed E-state index contributed by atoms with van der Waals surface area (Å²) in [7, 11) is 0. The van der Waals surface area contributed by atoms with Crippen LogP contribution in [0.25, 0.3) is 0 Å². The number of carbonyl (C=O) groups is 1. The molecule has 1 aliphatic heterocycles. The number of hydrogen-bond acceptors (Lipinski definition) is 1. The molecule has 0 aliphatic carbocycles. The second-order valence-corrected chi connectivity index (χ2v) is 3.23. The lowest BCUT2D eigenvalue weighted by molar-refractivity contribution is -0.126. The first-order valence-electron chi connectivity index (χ1n) is 4.56. The molecular weight excluding hydrogens is 150 g/mol. The van der Waals surface area contributed by atoms with Crippen LogP contribution < -0.4 is 5.32 Å². The third kappa shape index (κ3) is 2.58. The highest BCUT2D eigenvalue weighted by Gasteiger charge is 2.20. The van der Waals surface area contributed by atoms with Gasteiger partial charge in [0.2, 0.25) is 5.91 Å². The average molecular weight is 165 g/mol. The number of rotatable bonds is 3. The molecule has 66 valence electrons. The van der Waals surface area contributed by atoms with Crippen LogP contribution in [0.15, 0.2) is 0 Å². The van der Waals surface area contributed by atoms with Crippen LogP contribution in [-0.2, 0) is 4.79 Å². The number of amides is 1. The van der Waals surface area contributed by atoms with E-state index in [0.29, 0.717) is 0 Å². The Kier molecular flexibility index (Phi) is 3.66. The van der Waals surface area contributed by atoms with Crippen molar-refractivity contribution in [2.24, 2.45) is 5.92 Å². The quantitative estimate of drug-likeness (QED) is 0.496. The molecule has 1 unspecified atom stereocenters. The highest BCUT2D eigenvalue weighted by molar-refractivity contribution is 5.79. The summed E-state index contributed by atoms with van der Waals surface area (Å²) in [4.78, 5) is 11.2. The summed E-state index contributed by atoms with van der Waals surface area (Å²) < 4.78 is 0. The van der Waals surface area contributed by atoms with Crippen LogP contribution >= 0.6 is 0 Å². The minimum atomic E-state index is 0.221. The van der Waals surface area contributed by atoms with Gasteiger partial charge in [-0.15, -0.1) is 12.3 Å². The van der Waals surface area contributed by atoms with E-state index < -0.39 is 0 Å². The maximum atomic E-state index is 11.2. The fraction of sp³-hybridized carbons (Fsp3) is 0.700. The summed E-state index contributed by atoms with van der Waals surface area (Å²) in [6.07, 6.45) is 10.0. The zero-order valence-corrected chi connectivity index (χ0v) is 7.31. The van der Waals surface area contributed by atoms with Gasteiger partial charge in [0.05, 0.1) is 0 Å². The molecule has 0 saturated carbocycles. The topological polar surface area (TPSA) is 29.1 Å². The van der Waals surface area contributed by atoms with Crippen molar-refractivity contribution >= 4 is 5.91 Å². The molecule has 0 bridgehead atoms. The molecule has 1 heterocycles. The van der Waals surface area contributed by atoms with Gasteiger partial charge in [-0.25, -0.2) is 0 Å². The predicted octanol–water partition coefficient (Wildman–Crippen LogP) is 1.32. The Morgan fingerprint density at radius 2 is 2.50 bits per heavy atom. The monoisotopic (exact) mass is 165 g/mol. The summed E-state index contributed by atoms with van der Waals surface area (Å²) in [6.45, 7) is 0.852. The molecule has 1 aliphatic rings. The van der Waals surface area contributed by atoms with E-state index in [-0.39, 0.29) is 11.8 Å². The van der Waals surface area contributed by atoms with E-state index in [1.54, 1.807) is 0 Å². The lowest BCUT2D eigenvalue weighted by atomic mass is 9.93. The second-order valence-electron chi connectivity index (χ2n) is 3.23. The Morgan fingerprint density at radius 1 is 1.67 bits per heavy atom. The largest absolute Gasteiger partial charge is 0.356 e. The molecule has 0 spiro atoms. The van der Waals surface area contributed by atoms with Crippen LogP contribution in [0.3, 0.4) is 0 Å². The summed E-state index contributed by atoms with van der Waals surface area (Å²) in [5, 5.41) is 2.87. The zero-order chi connectivity index (χ0) is 8.81. The van der Waals surface area contributed by atoms with Gasteiger partial charge in [-0.2, -0.15) is 0 Å². The van der Waals surface area contributed by atoms with Gasteiger partial charge in [0.25, 0.3) is 0 Å². The second kappa shape index (κ2) is 4.82. The fourth-order valence-corrected chi connectivity index (χ4v) is 1.56. The molecule has 2 heteroatoms. The molecule has 1 amide bonds. The van der Waals surface area contributed by atoms with Crippen LogP contribution in [-0.4, -0.2) is 12.5 Å². The first kappa shape index (κ1) is 9.12. The molecule has 0 radical (unpaired) electrons. The van der Waals surface area contributed by atoms with Crippen molar-refractivity contribution in [3.63, 3.8) is 0 Å². The number of hydrogen-bond donors (Lipinski definition) is 1. The molecule has 1 rings (SSSR count). The van der Waals surface area contributed by atoms with Crippen LogP contribution in [0.2, 0.25) is 0 Å². The number of piperidine rings is 1. The molecule has 2 nitrogen and oxygen atoms in total. The van der Waals surface area contributed by atoms with Gasteiger partial charge < -0.3 is 5.32 Å². The Labute approximate surface area is 73.7 Å². The number of carbonyl (C=O) groups excluding carboxylic acids is 1. The normalized spacial score (nSPS) is 22.9. The van der Waals surface area contributed by atoms with E-state index in [0.717, 1.165) is 38.6 Å². The molecule has 1 N–H and O–H groups in total. The lowest BCUT2D eigenvalue weighted by Gasteiger charge is -2.21. The highest BCUT2D eigenvalue weighted by Crippen LogP contribution is 2.17. The lowest BCUT2D eigenvalue weighted by Crippen LogP contribution is -2.36. The molecule has 1 fully saturated rings. The Hall–Kier alpha value is -0.970. The van der Waals surface area contributed by atoms with Gasteiger partial charge in [0, 0.05) is 18.9 Å². The van der Waals surface area contributed by atoms with Crippen LogP contribution in [0.4, 0.5) is 0 Å². The maximum Gasteiger partial charge on any atom is 0.223 e. The van der Waals surface area contributed by atoms with Crippen molar-refractivity contribution in [1.29, 1.82) is 0 Å². The first-order valence-corrected chi connectivity index (χ1v) is 4.56. The van der Waals surface area contributed by atoms with E-state index in [2.05, 4.69) is 11.2 Å². The van der Waals surface area contributed by atoms with Gasteiger partial charge in [0.15, 0.2) is 0 Å². The third-order valence-electron chi connectivity index (χ3n) is 2.27. The molecular formula is C10H15NO. The molecule has 1 saturated heterocycles. The number of terminal acetylenes is 1. The van der Waals surface area contributed by atoms with Gasteiger partial charge in [-0.1, -0.05) is 0 Å². The van der Waals surface area contributed by atoms with Gasteiger partial charge in [-0.05, 0) is 25.7 Å². The summed E-state index contributed by atoms with van der Waals surface area (Å²) in [5.74, 6) is 3.04. The van der Waals surface area contributed by atoms with Gasteiger partial charge in [0.1, 0.15) is 0 Å². The molecule has 0 aromatic carbocycles. The van der Waals surface area contributed by atoms with Crippen molar-refractivity contribution in [3.8, 4) is 12.3 Å². The average Bonchev–Trinajstić information content (AvgIpc) is 2.09. The van der Waals surface area contributed by atoms with Crippen molar-refractivity contribution in [2.75, 3.05) is 6.54 Å².